The van der Waals surface area contributed by atoms with E-state index in [2.05, 4.69) is 0 Å². The molecular weight excluding hydrogens is 264 g/mol. The summed E-state index contributed by atoms with van der Waals surface area (Å²) in [4.78, 5) is 14.5. The average molecular weight is 288 g/mol. The third kappa shape index (κ3) is 2.59. The molecule has 0 heterocycles. The van der Waals surface area contributed by atoms with Crippen LogP contribution in [0.3, 0.4) is 0 Å². The van der Waals surface area contributed by atoms with Crippen LogP contribution in [0.15, 0.2) is 18.2 Å². The van der Waals surface area contributed by atoms with Gasteiger partial charge in [-0.25, -0.2) is 0 Å². The first kappa shape index (κ1) is 14.2. The first-order chi connectivity index (χ1) is 10.1. The third-order valence-corrected chi connectivity index (χ3v) is 5.23. The number of benzene rings is 1. The minimum absolute atomic E-state index is 0.0345. The van der Waals surface area contributed by atoms with Crippen LogP contribution in [-0.4, -0.2) is 31.5 Å². The van der Waals surface area contributed by atoms with Crippen molar-refractivity contribution in [2.75, 3.05) is 26.4 Å². The summed E-state index contributed by atoms with van der Waals surface area (Å²) in [6, 6.07) is 5.34. The van der Waals surface area contributed by atoms with Crippen LogP contribution < -0.4 is 10.5 Å². The molecule has 4 heteroatoms. The van der Waals surface area contributed by atoms with E-state index >= 15 is 0 Å². The van der Waals surface area contributed by atoms with Gasteiger partial charge < -0.3 is 15.4 Å². The molecule has 4 nitrogen and oxygen atoms in total. The Hall–Kier alpha value is -1.71. The highest BCUT2D eigenvalue weighted by atomic mass is 16.5. The van der Waals surface area contributed by atoms with E-state index in [1.807, 2.05) is 11.9 Å². The maximum Gasteiger partial charge on any atom is 0.259 e. The molecule has 2 aliphatic rings. The lowest BCUT2D eigenvalue weighted by Gasteiger charge is -2.28. The fourth-order valence-electron chi connectivity index (χ4n) is 4.17. The molecule has 0 saturated heterocycles. The highest BCUT2D eigenvalue weighted by molar-refractivity contribution is 6.01. The van der Waals surface area contributed by atoms with Crippen molar-refractivity contribution in [3.63, 3.8) is 0 Å². The summed E-state index contributed by atoms with van der Waals surface area (Å²) in [5.74, 6) is 2.90. The Labute approximate surface area is 126 Å². The van der Waals surface area contributed by atoms with Gasteiger partial charge in [0.25, 0.3) is 5.91 Å². The zero-order valence-corrected chi connectivity index (χ0v) is 12.8. The standard InChI is InChI=1S/C17H24N2O2/c1-19(10-13-9-11-6-7-12(13)8-11)17(20)16-14(18)4-3-5-15(16)21-2/h3-5,11-13H,6-10,18H2,1-2H3. The molecule has 2 fully saturated rings. The molecule has 1 amide bonds. The molecule has 2 N–H and O–H groups in total. The van der Waals surface area contributed by atoms with E-state index in [4.69, 9.17) is 10.5 Å². The fourth-order valence-corrected chi connectivity index (χ4v) is 4.17. The molecule has 1 aromatic rings. The second-order valence-electron chi connectivity index (χ2n) is 6.55. The van der Waals surface area contributed by atoms with Crippen molar-refractivity contribution in [1.29, 1.82) is 0 Å². The lowest BCUT2D eigenvalue weighted by atomic mass is 9.88. The smallest absolute Gasteiger partial charge is 0.259 e. The molecule has 1 aromatic carbocycles. The monoisotopic (exact) mass is 288 g/mol. The summed E-state index contributed by atoms with van der Waals surface area (Å²) in [5, 5.41) is 0. The van der Waals surface area contributed by atoms with Crippen LogP contribution >= 0.6 is 0 Å². The van der Waals surface area contributed by atoms with Gasteiger partial charge in [-0.2, -0.15) is 0 Å². The number of hydrogen-bond donors (Lipinski definition) is 1. The molecule has 21 heavy (non-hydrogen) atoms. The summed E-state index contributed by atoms with van der Waals surface area (Å²) >= 11 is 0. The molecule has 3 rings (SSSR count). The summed E-state index contributed by atoms with van der Waals surface area (Å²) in [5.41, 5.74) is 6.95. The maximum absolute atomic E-state index is 12.7. The Morgan fingerprint density at radius 3 is 2.81 bits per heavy atom. The molecule has 2 bridgehead atoms. The van der Waals surface area contributed by atoms with Crippen molar-refractivity contribution in [3.05, 3.63) is 23.8 Å². The van der Waals surface area contributed by atoms with Gasteiger partial charge in [0.15, 0.2) is 0 Å². The number of amides is 1. The van der Waals surface area contributed by atoms with Gasteiger partial charge in [0.2, 0.25) is 0 Å². The molecule has 2 saturated carbocycles. The topological polar surface area (TPSA) is 55.6 Å². The number of carbonyl (C=O) groups excluding carboxylic acids is 1. The molecular formula is C17H24N2O2. The summed E-state index contributed by atoms with van der Waals surface area (Å²) < 4.78 is 5.29. The lowest BCUT2D eigenvalue weighted by Crippen LogP contribution is -2.34. The SMILES string of the molecule is COc1cccc(N)c1C(=O)N(C)CC1CC2CCC1C2. The van der Waals surface area contributed by atoms with E-state index in [1.54, 1.807) is 25.3 Å². The van der Waals surface area contributed by atoms with Crippen LogP contribution in [-0.2, 0) is 0 Å². The number of ether oxygens (including phenoxy) is 1. The lowest BCUT2D eigenvalue weighted by molar-refractivity contribution is 0.0752. The van der Waals surface area contributed by atoms with Crippen LogP contribution in [0, 0.1) is 17.8 Å². The van der Waals surface area contributed by atoms with Crippen molar-refractivity contribution < 1.29 is 9.53 Å². The molecule has 0 radical (unpaired) electrons. The van der Waals surface area contributed by atoms with Gasteiger partial charge in [-0.1, -0.05) is 12.5 Å². The number of methoxy groups -OCH3 is 1. The first-order valence-corrected chi connectivity index (χ1v) is 7.78. The number of rotatable bonds is 4. The Kier molecular flexibility index (Phi) is 3.79. The Morgan fingerprint density at radius 1 is 1.38 bits per heavy atom. The third-order valence-electron chi connectivity index (χ3n) is 5.23. The molecule has 0 aliphatic heterocycles. The number of nitrogens with zero attached hydrogens (tertiary/aromatic N) is 1. The zero-order chi connectivity index (χ0) is 15.0. The number of nitrogen functional groups attached to an aromatic ring is 1. The predicted molar refractivity (Wildman–Crippen MR) is 83.3 cm³/mol. The van der Waals surface area contributed by atoms with E-state index in [9.17, 15) is 4.79 Å². The molecule has 3 unspecified atom stereocenters. The molecule has 0 spiro atoms. The van der Waals surface area contributed by atoms with Gasteiger partial charge in [-0.05, 0) is 49.1 Å². The fraction of sp³-hybridized carbons (Fsp3) is 0.588. The van der Waals surface area contributed by atoms with Crippen molar-refractivity contribution in [3.8, 4) is 5.75 Å². The van der Waals surface area contributed by atoms with Crippen LogP contribution in [0.2, 0.25) is 0 Å². The Bertz CT molecular complexity index is 544. The van der Waals surface area contributed by atoms with Gasteiger partial charge in [-0.3, -0.25) is 4.79 Å². The summed E-state index contributed by atoms with van der Waals surface area (Å²) in [7, 11) is 3.45. The van der Waals surface area contributed by atoms with Crippen molar-refractivity contribution in [1.82, 2.24) is 4.90 Å². The largest absolute Gasteiger partial charge is 0.496 e. The van der Waals surface area contributed by atoms with E-state index < -0.39 is 0 Å². The molecule has 3 atom stereocenters. The Morgan fingerprint density at radius 2 is 2.19 bits per heavy atom. The zero-order valence-electron chi connectivity index (χ0n) is 12.8. The number of fused-ring (bicyclic) bond motifs is 2. The van der Waals surface area contributed by atoms with Crippen molar-refractivity contribution in [2.45, 2.75) is 25.7 Å². The first-order valence-electron chi connectivity index (χ1n) is 7.78. The van der Waals surface area contributed by atoms with Crippen molar-refractivity contribution >= 4 is 11.6 Å². The normalized spacial score (nSPS) is 26.9. The van der Waals surface area contributed by atoms with Crippen LogP contribution in [0.1, 0.15) is 36.0 Å². The highest BCUT2D eigenvalue weighted by Crippen LogP contribution is 2.48. The van der Waals surface area contributed by atoms with E-state index in [0.717, 1.165) is 18.4 Å². The van der Waals surface area contributed by atoms with E-state index in [0.29, 0.717) is 22.9 Å². The van der Waals surface area contributed by atoms with Crippen LogP contribution in [0.25, 0.3) is 0 Å². The molecule has 114 valence electrons. The van der Waals surface area contributed by atoms with Gasteiger partial charge in [0, 0.05) is 19.3 Å². The van der Waals surface area contributed by atoms with Crippen molar-refractivity contribution in [2.24, 2.45) is 17.8 Å². The second-order valence-corrected chi connectivity index (χ2v) is 6.55. The van der Waals surface area contributed by atoms with Crippen LogP contribution in [0.4, 0.5) is 5.69 Å². The Balaban J connectivity index is 1.73. The number of anilines is 1. The summed E-state index contributed by atoms with van der Waals surface area (Å²) in [6.07, 6.45) is 5.37. The number of carbonyl (C=O) groups is 1. The van der Waals surface area contributed by atoms with Gasteiger partial charge in [0.05, 0.1) is 7.11 Å². The predicted octanol–water partition coefficient (Wildman–Crippen LogP) is 2.79. The van der Waals surface area contributed by atoms with E-state index in [-0.39, 0.29) is 5.91 Å². The molecule has 2 aliphatic carbocycles. The minimum atomic E-state index is -0.0345. The van der Waals surface area contributed by atoms with E-state index in [1.165, 1.54) is 25.7 Å². The minimum Gasteiger partial charge on any atom is -0.496 e. The van der Waals surface area contributed by atoms with Gasteiger partial charge in [-0.15, -0.1) is 0 Å². The molecule has 0 aromatic heterocycles. The van der Waals surface area contributed by atoms with Gasteiger partial charge in [0.1, 0.15) is 11.3 Å². The quantitative estimate of drug-likeness (QED) is 0.867. The van der Waals surface area contributed by atoms with Gasteiger partial charge >= 0.3 is 0 Å². The second kappa shape index (κ2) is 5.58. The average Bonchev–Trinajstić information content (AvgIpc) is 3.08. The maximum atomic E-state index is 12.7. The van der Waals surface area contributed by atoms with Crippen LogP contribution in [0.5, 0.6) is 5.75 Å². The number of hydrogen-bond acceptors (Lipinski definition) is 3. The highest BCUT2D eigenvalue weighted by Gasteiger charge is 2.40. The summed E-state index contributed by atoms with van der Waals surface area (Å²) in [6.45, 7) is 0.831. The number of nitrogens with two attached hydrogens (primary N) is 1.